The van der Waals surface area contributed by atoms with E-state index in [0.29, 0.717) is 11.7 Å². The Balaban J connectivity index is 0.00000280. The molecule has 3 rings (SSSR count). The Bertz CT molecular complexity index is 811. The standard InChI is InChI=1S/C21H25N4O2.Y/c1-15-4-3-12-25(15)13-11-23-19-10-9-18(14-20(19)22-2)24-17-7-5-16(6-8-17)21(26)27;/h5-10,14-15,23H,2-4,11-13H2,1H3,(H,26,27);/q-1;. The summed E-state index contributed by atoms with van der Waals surface area (Å²) < 4.78 is 0. The van der Waals surface area contributed by atoms with Crippen LogP contribution in [-0.4, -0.2) is 48.4 Å². The Hall–Kier alpha value is -1.76. The Morgan fingerprint density at radius 2 is 2.00 bits per heavy atom. The maximum Gasteiger partial charge on any atom is 0.335 e. The molecule has 2 aromatic carbocycles. The minimum atomic E-state index is -0.946. The summed E-state index contributed by atoms with van der Waals surface area (Å²) in [5.74, 6) is -0.946. The van der Waals surface area contributed by atoms with Gasteiger partial charge in [0.2, 0.25) is 0 Å². The number of nitrogens with zero attached hydrogens (tertiary/aromatic N) is 3. The van der Waals surface area contributed by atoms with Gasteiger partial charge in [0, 0.05) is 51.8 Å². The zero-order chi connectivity index (χ0) is 19.2. The van der Waals surface area contributed by atoms with Gasteiger partial charge in [0.15, 0.2) is 0 Å². The van der Waals surface area contributed by atoms with Crippen molar-refractivity contribution in [3.63, 3.8) is 0 Å². The molecule has 0 saturated carbocycles. The van der Waals surface area contributed by atoms with Crippen LogP contribution in [0.15, 0.2) is 47.5 Å². The summed E-state index contributed by atoms with van der Waals surface area (Å²) in [5, 5.41) is 16.9. The van der Waals surface area contributed by atoms with Crippen LogP contribution in [0.1, 0.15) is 30.1 Å². The first-order chi connectivity index (χ1) is 13.1. The fourth-order valence-electron chi connectivity index (χ4n) is 3.36. The Labute approximate surface area is 191 Å². The number of hydrogen-bond acceptors (Lipinski definition) is 4. The minimum absolute atomic E-state index is 0. The van der Waals surface area contributed by atoms with Crippen molar-refractivity contribution < 1.29 is 42.6 Å². The Morgan fingerprint density at radius 3 is 2.61 bits per heavy atom. The number of carboxylic acids is 1. The van der Waals surface area contributed by atoms with E-state index in [1.807, 2.05) is 18.2 Å². The summed E-state index contributed by atoms with van der Waals surface area (Å²) in [4.78, 5) is 17.5. The summed E-state index contributed by atoms with van der Waals surface area (Å²) in [6.45, 7) is 8.99. The van der Waals surface area contributed by atoms with Crippen molar-refractivity contribution in [1.82, 2.24) is 4.90 Å². The molecule has 1 unspecified atom stereocenters. The predicted octanol–water partition coefficient (Wildman–Crippen LogP) is 4.95. The Morgan fingerprint density at radius 1 is 1.29 bits per heavy atom. The van der Waals surface area contributed by atoms with E-state index in [1.165, 1.54) is 19.4 Å². The number of hydrogen-bond donors (Lipinski definition) is 2. The number of likely N-dealkylation sites (tertiary alicyclic amines) is 1. The molecule has 1 aliphatic rings. The van der Waals surface area contributed by atoms with E-state index in [9.17, 15) is 4.79 Å². The predicted molar refractivity (Wildman–Crippen MR) is 110 cm³/mol. The second kappa shape index (κ2) is 10.7. The fraction of sp³-hybridized carbons (Fsp3) is 0.333. The Kier molecular flexibility index (Phi) is 8.61. The van der Waals surface area contributed by atoms with Crippen molar-refractivity contribution >= 4 is 35.4 Å². The number of aromatic carboxylic acids is 1. The molecule has 2 aromatic rings. The van der Waals surface area contributed by atoms with Crippen LogP contribution >= 0.6 is 0 Å². The van der Waals surface area contributed by atoms with Gasteiger partial charge in [0.25, 0.3) is 0 Å². The van der Waals surface area contributed by atoms with Crippen molar-refractivity contribution in [1.29, 1.82) is 0 Å². The van der Waals surface area contributed by atoms with Crippen LogP contribution in [0.2, 0.25) is 0 Å². The van der Waals surface area contributed by atoms with E-state index in [4.69, 9.17) is 5.11 Å². The molecule has 0 bridgehead atoms. The molecule has 2 N–H and O–H groups in total. The fourth-order valence-corrected chi connectivity index (χ4v) is 3.36. The van der Waals surface area contributed by atoms with Crippen LogP contribution in [0.4, 0.5) is 22.7 Å². The molecule has 1 heterocycles. The third-order valence-corrected chi connectivity index (χ3v) is 4.93. The first-order valence-electron chi connectivity index (χ1n) is 9.20. The van der Waals surface area contributed by atoms with Gasteiger partial charge < -0.3 is 15.7 Å². The van der Waals surface area contributed by atoms with Crippen molar-refractivity contribution in [3.8, 4) is 0 Å². The molecule has 0 aliphatic carbocycles. The van der Waals surface area contributed by atoms with Crippen molar-refractivity contribution in [3.05, 3.63) is 53.3 Å². The average Bonchev–Trinajstić information content (AvgIpc) is 3.08. The zero-order valence-corrected chi connectivity index (χ0v) is 19.0. The molecule has 0 amide bonds. The van der Waals surface area contributed by atoms with Gasteiger partial charge >= 0.3 is 5.97 Å². The van der Waals surface area contributed by atoms with E-state index < -0.39 is 5.97 Å². The van der Waals surface area contributed by atoms with Crippen LogP contribution in [0, 0.1) is 0 Å². The molecule has 7 heteroatoms. The van der Waals surface area contributed by atoms with Gasteiger partial charge in [-0.3, -0.25) is 9.89 Å². The van der Waals surface area contributed by atoms with Crippen LogP contribution < -0.4 is 5.32 Å². The molecule has 1 atom stereocenters. The van der Waals surface area contributed by atoms with E-state index in [2.05, 4.69) is 34.2 Å². The number of aliphatic imine (C=N–C) groups is 1. The topological polar surface area (TPSA) is 79.0 Å². The first kappa shape index (κ1) is 22.5. The van der Waals surface area contributed by atoms with Crippen LogP contribution in [0.25, 0.3) is 5.32 Å². The molecule has 0 aromatic heterocycles. The maximum atomic E-state index is 10.9. The second-order valence-corrected chi connectivity index (χ2v) is 6.78. The molecule has 145 valence electrons. The normalized spacial score (nSPS) is 16.2. The summed E-state index contributed by atoms with van der Waals surface area (Å²) in [6, 6.07) is 12.9. The van der Waals surface area contributed by atoms with Crippen molar-refractivity contribution in [2.45, 2.75) is 25.8 Å². The summed E-state index contributed by atoms with van der Waals surface area (Å²) in [7, 11) is 0. The molecular weight excluding hydrogens is 429 g/mol. The number of benzene rings is 2. The second-order valence-electron chi connectivity index (χ2n) is 6.78. The van der Waals surface area contributed by atoms with Crippen molar-refractivity contribution in [2.75, 3.05) is 25.0 Å². The smallest absolute Gasteiger partial charge is 0.335 e. The molecule has 1 saturated heterocycles. The molecule has 1 aliphatic heterocycles. The summed E-state index contributed by atoms with van der Waals surface area (Å²) >= 11 is 0. The van der Waals surface area contributed by atoms with Crippen LogP contribution in [-0.2, 0) is 32.7 Å². The quantitative estimate of drug-likeness (QED) is 0.554. The number of rotatable bonds is 8. The minimum Gasteiger partial charge on any atom is -0.658 e. The molecule has 6 nitrogen and oxygen atoms in total. The largest absolute Gasteiger partial charge is 0.658 e. The molecule has 1 fully saturated rings. The summed E-state index contributed by atoms with van der Waals surface area (Å²) in [6.07, 6.45) is 2.56. The molecular formula is C21H25N4O2Y-. The molecule has 0 spiro atoms. The van der Waals surface area contributed by atoms with Gasteiger partial charge in [0.05, 0.1) is 16.9 Å². The van der Waals surface area contributed by atoms with Crippen LogP contribution in [0.5, 0.6) is 0 Å². The van der Waals surface area contributed by atoms with E-state index in [1.54, 1.807) is 24.3 Å². The van der Waals surface area contributed by atoms with Gasteiger partial charge in [-0.1, -0.05) is 18.2 Å². The van der Waals surface area contributed by atoms with Gasteiger partial charge in [-0.2, -0.15) is 0 Å². The third-order valence-electron chi connectivity index (χ3n) is 4.93. The van der Waals surface area contributed by atoms with Crippen LogP contribution in [0.3, 0.4) is 0 Å². The van der Waals surface area contributed by atoms with Gasteiger partial charge in [-0.15, -0.1) is 11.4 Å². The number of carboxylic acid groups (broad SMARTS) is 1. The zero-order valence-electron chi connectivity index (χ0n) is 16.1. The third kappa shape index (κ3) is 5.87. The monoisotopic (exact) mass is 454 g/mol. The summed E-state index contributed by atoms with van der Waals surface area (Å²) in [5.41, 5.74) is 3.39. The van der Waals surface area contributed by atoms with Gasteiger partial charge in [0.1, 0.15) is 0 Å². The van der Waals surface area contributed by atoms with E-state index in [-0.39, 0.29) is 38.3 Å². The number of nitrogens with one attached hydrogen (secondary N) is 1. The van der Waals surface area contributed by atoms with Crippen molar-refractivity contribution in [2.24, 2.45) is 4.99 Å². The average molecular weight is 454 g/mol. The molecule has 28 heavy (non-hydrogen) atoms. The van der Waals surface area contributed by atoms with Gasteiger partial charge in [-0.25, -0.2) is 4.79 Å². The molecule has 1 radical (unpaired) electrons. The number of anilines is 1. The van der Waals surface area contributed by atoms with E-state index in [0.717, 1.165) is 30.2 Å². The number of carbonyl (C=O) groups is 1. The van der Waals surface area contributed by atoms with E-state index >= 15 is 0 Å². The first-order valence-corrected chi connectivity index (χ1v) is 9.20. The SMILES string of the molecule is C=Nc1cc([N-]c2ccc(C(=O)O)cc2)ccc1NCCN1CCCC1C.[Y]. The maximum absolute atomic E-state index is 10.9. The van der Waals surface area contributed by atoms with Gasteiger partial charge in [-0.05, 0) is 57.3 Å².